The van der Waals surface area contributed by atoms with Crippen molar-refractivity contribution in [3.63, 3.8) is 0 Å². The number of nitrogens with zero attached hydrogens (tertiary/aromatic N) is 2. The van der Waals surface area contributed by atoms with Crippen LogP contribution in [0.5, 0.6) is 0 Å². The third kappa shape index (κ3) is 4.26. The largest absolute Gasteiger partial charge is 0.353 e. The fourth-order valence-electron chi connectivity index (χ4n) is 3.63. The van der Waals surface area contributed by atoms with Crippen LogP contribution in [-0.4, -0.2) is 53.1 Å². The first kappa shape index (κ1) is 21.6. The average molecular weight is 446 g/mol. The van der Waals surface area contributed by atoms with E-state index in [-0.39, 0.29) is 35.8 Å². The summed E-state index contributed by atoms with van der Waals surface area (Å²) in [4.78, 5) is 60.5. The van der Waals surface area contributed by atoms with Crippen molar-refractivity contribution in [2.45, 2.75) is 0 Å². The minimum Gasteiger partial charge on any atom is -0.353 e. The van der Waals surface area contributed by atoms with E-state index in [1.807, 2.05) is 30.3 Å². The number of nitro benzene ring substituents is 1. The van der Waals surface area contributed by atoms with Gasteiger partial charge in [0.15, 0.2) is 0 Å². The maximum Gasteiger partial charge on any atom is 0.270 e. The Morgan fingerprint density at radius 2 is 1.58 bits per heavy atom. The van der Waals surface area contributed by atoms with Crippen LogP contribution in [0.25, 0.3) is 10.8 Å². The van der Waals surface area contributed by atoms with E-state index in [4.69, 9.17) is 0 Å². The molecule has 3 aromatic rings. The van der Waals surface area contributed by atoms with E-state index < -0.39 is 29.2 Å². The van der Waals surface area contributed by atoms with Gasteiger partial charge >= 0.3 is 0 Å². The summed E-state index contributed by atoms with van der Waals surface area (Å²) in [6.07, 6.45) is 0. The summed E-state index contributed by atoms with van der Waals surface area (Å²) in [7, 11) is 0. The number of amides is 4. The molecule has 0 aromatic heterocycles. The van der Waals surface area contributed by atoms with Gasteiger partial charge in [-0.05, 0) is 22.9 Å². The highest BCUT2D eigenvalue weighted by Crippen LogP contribution is 2.26. The number of carbonyl (C=O) groups excluding carboxylic acids is 4. The number of rotatable bonds is 7. The minimum atomic E-state index is -0.766. The highest BCUT2D eigenvalue weighted by Gasteiger charge is 2.37. The van der Waals surface area contributed by atoms with Crippen LogP contribution >= 0.6 is 0 Å². The lowest BCUT2D eigenvalue weighted by molar-refractivity contribution is -0.384. The number of imide groups is 1. The molecule has 0 radical (unpaired) electrons. The van der Waals surface area contributed by atoms with Gasteiger partial charge in [-0.1, -0.05) is 36.4 Å². The summed E-state index contributed by atoms with van der Waals surface area (Å²) in [6, 6.07) is 16.2. The predicted octanol–water partition coefficient (Wildman–Crippen LogP) is 1.89. The smallest absolute Gasteiger partial charge is 0.270 e. The Labute approximate surface area is 187 Å². The number of carbonyl (C=O) groups is 4. The molecule has 0 fully saturated rings. The van der Waals surface area contributed by atoms with Gasteiger partial charge in [-0.25, -0.2) is 0 Å². The Morgan fingerprint density at radius 3 is 2.36 bits per heavy atom. The van der Waals surface area contributed by atoms with Gasteiger partial charge in [0.1, 0.15) is 6.54 Å². The Morgan fingerprint density at radius 1 is 0.879 bits per heavy atom. The molecule has 4 amide bonds. The topological polar surface area (TPSA) is 139 Å². The Kier molecular flexibility index (Phi) is 5.81. The summed E-state index contributed by atoms with van der Waals surface area (Å²) < 4.78 is 0. The fraction of sp³-hybridized carbons (Fsp3) is 0.130. The van der Waals surface area contributed by atoms with E-state index in [1.54, 1.807) is 12.1 Å². The summed E-state index contributed by atoms with van der Waals surface area (Å²) in [5.74, 6) is -2.34. The molecule has 0 unspecified atom stereocenters. The monoisotopic (exact) mass is 446 g/mol. The van der Waals surface area contributed by atoms with Gasteiger partial charge in [-0.3, -0.25) is 34.2 Å². The maximum absolute atomic E-state index is 12.5. The van der Waals surface area contributed by atoms with Crippen molar-refractivity contribution in [1.29, 1.82) is 0 Å². The SMILES string of the molecule is O=C(CN1C(=O)c2ccc([N+](=O)[O-])cc2C1=O)NCCNC(=O)c1cccc2ccccc12. The average Bonchev–Trinajstić information content (AvgIpc) is 3.05. The third-order valence-electron chi connectivity index (χ3n) is 5.23. The second-order valence-corrected chi connectivity index (χ2v) is 7.32. The summed E-state index contributed by atoms with van der Waals surface area (Å²) >= 11 is 0. The van der Waals surface area contributed by atoms with Gasteiger partial charge in [-0.15, -0.1) is 0 Å². The maximum atomic E-state index is 12.5. The first-order valence-electron chi connectivity index (χ1n) is 10.0. The van der Waals surface area contributed by atoms with E-state index in [9.17, 15) is 29.3 Å². The van der Waals surface area contributed by atoms with Crippen LogP contribution in [0, 0.1) is 10.1 Å². The van der Waals surface area contributed by atoms with Crippen LogP contribution < -0.4 is 10.6 Å². The van der Waals surface area contributed by atoms with E-state index >= 15 is 0 Å². The lowest BCUT2D eigenvalue weighted by Crippen LogP contribution is -2.42. The van der Waals surface area contributed by atoms with Crippen LogP contribution in [0.15, 0.2) is 60.7 Å². The standard InChI is InChI=1S/C23H18N4O6/c28-20(13-26-22(30)18-9-8-15(27(32)33)12-19(18)23(26)31)24-10-11-25-21(29)17-7-3-5-14-4-1-2-6-16(14)17/h1-9,12H,10-11,13H2,(H,24,28)(H,25,29). The second-order valence-electron chi connectivity index (χ2n) is 7.32. The lowest BCUT2D eigenvalue weighted by Gasteiger charge is -2.14. The summed E-state index contributed by atoms with van der Waals surface area (Å²) in [5, 5.41) is 17.9. The molecule has 1 heterocycles. The van der Waals surface area contributed by atoms with Crippen molar-refractivity contribution >= 4 is 40.1 Å². The second kappa shape index (κ2) is 8.87. The predicted molar refractivity (Wildman–Crippen MR) is 118 cm³/mol. The van der Waals surface area contributed by atoms with Gasteiger partial charge in [0.05, 0.1) is 16.1 Å². The number of nitrogens with one attached hydrogen (secondary N) is 2. The zero-order valence-corrected chi connectivity index (χ0v) is 17.2. The van der Waals surface area contributed by atoms with Gasteiger partial charge in [0.2, 0.25) is 5.91 Å². The van der Waals surface area contributed by atoms with E-state index in [2.05, 4.69) is 10.6 Å². The van der Waals surface area contributed by atoms with Crippen molar-refractivity contribution in [2.75, 3.05) is 19.6 Å². The molecule has 4 rings (SSSR count). The molecule has 10 nitrogen and oxygen atoms in total. The minimum absolute atomic E-state index is 0.0146. The van der Waals surface area contributed by atoms with E-state index in [1.165, 1.54) is 6.07 Å². The van der Waals surface area contributed by atoms with Gasteiger partial charge in [-0.2, -0.15) is 0 Å². The molecule has 0 saturated carbocycles. The van der Waals surface area contributed by atoms with Gasteiger partial charge < -0.3 is 10.6 Å². The summed E-state index contributed by atoms with van der Waals surface area (Å²) in [5.41, 5.74) is 0.104. The quantitative estimate of drug-likeness (QED) is 0.246. The molecule has 1 aliphatic heterocycles. The number of fused-ring (bicyclic) bond motifs is 2. The Bertz CT molecular complexity index is 1310. The molecule has 0 atom stereocenters. The van der Waals surface area contributed by atoms with Crippen LogP contribution in [0.3, 0.4) is 0 Å². The van der Waals surface area contributed by atoms with Crippen molar-refractivity contribution in [1.82, 2.24) is 15.5 Å². The molecule has 1 aliphatic rings. The fourth-order valence-corrected chi connectivity index (χ4v) is 3.63. The van der Waals surface area contributed by atoms with Crippen LogP contribution in [0.2, 0.25) is 0 Å². The molecule has 0 spiro atoms. The number of hydrogen-bond acceptors (Lipinski definition) is 6. The van der Waals surface area contributed by atoms with E-state index in [0.717, 1.165) is 27.8 Å². The molecule has 2 N–H and O–H groups in total. The first-order valence-corrected chi connectivity index (χ1v) is 10.0. The molecule has 0 bridgehead atoms. The van der Waals surface area contributed by atoms with Crippen LogP contribution in [0.4, 0.5) is 5.69 Å². The molecule has 166 valence electrons. The number of non-ortho nitro benzene ring substituents is 1. The molecule has 0 aliphatic carbocycles. The van der Waals surface area contributed by atoms with Crippen molar-refractivity contribution < 1.29 is 24.1 Å². The molecule has 10 heteroatoms. The Balaban J connectivity index is 1.30. The molecular weight excluding hydrogens is 428 g/mol. The van der Waals surface area contributed by atoms with Crippen molar-refractivity contribution in [3.8, 4) is 0 Å². The molecular formula is C23H18N4O6. The third-order valence-corrected chi connectivity index (χ3v) is 5.23. The first-order chi connectivity index (χ1) is 15.9. The lowest BCUT2D eigenvalue weighted by atomic mass is 10.0. The highest BCUT2D eigenvalue weighted by molar-refractivity contribution is 6.22. The number of nitro groups is 1. The van der Waals surface area contributed by atoms with Crippen molar-refractivity contribution in [2.24, 2.45) is 0 Å². The molecule has 33 heavy (non-hydrogen) atoms. The molecule has 0 saturated heterocycles. The highest BCUT2D eigenvalue weighted by atomic mass is 16.6. The van der Waals surface area contributed by atoms with Gasteiger partial charge in [0.25, 0.3) is 23.4 Å². The van der Waals surface area contributed by atoms with Crippen LogP contribution in [0.1, 0.15) is 31.1 Å². The van der Waals surface area contributed by atoms with Gasteiger partial charge in [0, 0.05) is 30.8 Å². The number of benzene rings is 3. The normalized spacial score (nSPS) is 12.5. The van der Waals surface area contributed by atoms with Crippen molar-refractivity contribution in [3.05, 3.63) is 87.5 Å². The Hall–Kier alpha value is -4.60. The van der Waals surface area contributed by atoms with Crippen LogP contribution in [-0.2, 0) is 4.79 Å². The molecule has 3 aromatic carbocycles. The van der Waals surface area contributed by atoms with E-state index in [0.29, 0.717) is 5.56 Å². The summed E-state index contributed by atoms with van der Waals surface area (Å²) in [6.45, 7) is -0.302. The number of hydrogen-bond donors (Lipinski definition) is 2. The zero-order valence-electron chi connectivity index (χ0n) is 17.2. The zero-order chi connectivity index (χ0) is 23.5.